The van der Waals surface area contributed by atoms with Gasteiger partial charge in [-0.15, -0.1) is 0 Å². The van der Waals surface area contributed by atoms with E-state index in [2.05, 4.69) is 5.32 Å². The fourth-order valence-corrected chi connectivity index (χ4v) is 4.65. The van der Waals surface area contributed by atoms with Crippen molar-refractivity contribution in [2.75, 3.05) is 18.4 Å². The number of aryl methyl sites for hydroxylation is 1. The van der Waals surface area contributed by atoms with Crippen LogP contribution in [-0.2, 0) is 19.6 Å². The Hall–Kier alpha value is -2.91. The van der Waals surface area contributed by atoms with Crippen molar-refractivity contribution in [2.45, 2.75) is 37.7 Å². The minimum Gasteiger partial charge on any atom is -0.507 e. The summed E-state index contributed by atoms with van der Waals surface area (Å²) in [5.41, 5.74) is 0.873. The van der Waals surface area contributed by atoms with Crippen molar-refractivity contribution < 1.29 is 27.9 Å². The molecule has 30 heavy (non-hydrogen) atoms. The number of hydrogen-bond donors (Lipinski definition) is 2. The summed E-state index contributed by atoms with van der Waals surface area (Å²) in [4.78, 5) is 24.7. The van der Waals surface area contributed by atoms with Crippen molar-refractivity contribution >= 4 is 27.6 Å². The van der Waals surface area contributed by atoms with Crippen molar-refractivity contribution in [3.05, 3.63) is 53.6 Å². The summed E-state index contributed by atoms with van der Waals surface area (Å²) in [5, 5.41) is 12.6. The summed E-state index contributed by atoms with van der Waals surface area (Å²) in [6.45, 7) is 4.09. The SMILES string of the molecule is Cc1cccc(C(=O)O[C@@H](C)C(=O)Nc2ccc(S(=O)(=O)N3CCCC3)cc2)c1O. The zero-order valence-corrected chi connectivity index (χ0v) is 17.6. The molecule has 1 saturated heterocycles. The average Bonchev–Trinajstić information content (AvgIpc) is 3.26. The third-order valence-corrected chi connectivity index (χ3v) is 6.85. The summed E-state index contributed by atoms with van der Waals surface area (Å²) < 4.78 is 31.7. The highest BCUT2D eigenvalue weighted by atomic mass is 32.2. The average molecular weight is 432 g/mol. The van der Waals surface area contributed by atoms with Crippen LogP contribution in [0.25, 0.3) is 0 Å². The summed E-state index contributed by atoms with van der Waals surface area (Å²) in [6.07, 6.45) is 0.583. The number of anilines is 1. The number of rotatable bonds is 6. The lowest BCUT2D eigenvalue weighted by atomic mass is 10.1. The number of amides is 1. The molecule has 0 aromatic heterocycles. The normalized spacial score (nSPS) is 15.5. The van der Waals surface area contributed by atoms with E-state index < -0.39 is 28.0 Å². The first-order chi connectivity index (χ1) is 14.2. The number of para-hydroxylation sites is 1. The number of esters is 1. The Kier molecular flexibility index (Phi) is 6.42. The van der Waals surface area contributed by atoms with Gasteiger partial charge >= 0.3 is 5.97 Å². The van der Waals surface area contributed by atoms with E-state index >= 15 is 0 Å². The van der Waals surface area contributed by atoms with E-state index in [9.17, 15) is 23.1 Å². The standard InChI is InChI=1S/C21H24N2O6S/c1-14-6-5-7-18(19(14)24)21(26)29-15(2)20(25)22-16-8-10-17(11-9-16)30(27,28)23-12-3-4-13-23/h5-11,15,24H,3-4,12-13H2,1-2H3,(H,22,25)/t15-/m0/s1. The number of nitrogens with one attached hydrogen (secondary N) is 1. The minimum absolute atomic E-state index is 0.0221. The van der Waals surface area contributed by atoms with Gasteiger partial charge in [-0.1, -0.05) is 12.1 Å². The van der Waals surface area contributed by atoms with Crippen LogP contribution in [0.15, 0.2) is 47.4 Å². The van der Waals surface area contributed by atoms with Gasteiger partial charge in [0, 0.05) is 18.8 Å². The molecule has 1 aliphatic heterocycles. The molecule has 1 heterocycles. The van der Waals surface area contributed by atoms with Crippen LogP contribution in [0.1, 0.15) is 35.7 Å². The molecule has 0 unspecified atom stereocenters. The van der Waals surface area contributed by atoms with Gasteiger partial charge in [-0.2, -0.15) is 4.31 Å². The van der Waals surface area contributed by atoms with Crippen LogP contribution in [-0.4, -0.2) is 48.9 Å². The number of carbonyl (C=O) groups is 2. The number of aromatic hydroxyl groups is 1. The van der Waals surface area contributed by atoms with E-state index in [4.69, 9.17) is 4.74 Å². The van der Waals surface area contributed by atoms with Crippen molar-refractivity contribution in [2.24, 2.45) is 0 Å². The molecule has 1 fully saturated rings. The van der Waals surface area contributed by atoms with Crippen LogP contribution in [0.5, 0.6) is 5.75 Å². The smallest absolute Gasteiger partial charge is 0.342 e. The molecule has 0 spiro atoms. The molecule has 0 bridgehead atoms. The molecule has 8 nitrogen and oxygen atoms in total. The molecular formula is C21H24N2O6S. The molecule has 9 heteroatoms. The number of phenolic OH excluding ortho intramolecular Hbond substituents is 1. The second kappa shape index (κ2) is 8.85. The molecule has 1 amide bonds. The van der Waals surface area contributed by atoms with Gasteiger partial charge in [-0.05, 0) is 62.6 Å². The van der Waals surface area contributed by atoms with E-state index in [1.54, 1.807) is 19.1 Å². The zero-order valence-electron chi connectivity index (χ0n) is 16.8. The fourth-order valence-electron chi connectivity index (χ4n) is 3.13. The Morgan fingerprint density at radius 3 is 2.37 bits per heavy atom. The largest absolute Gasteiger partial charge is 0.507 e. The second-order valence-electron chi connectivity index (χ2n) is 7.14. The molecule has 0 radical (unpaired) electrons. The predicted molar refractivity (Wildman–Crippen MR) is 111 cm³/mol. The Morgan fingerprint density at radius 2 is 1.73 bits per heavy atom. The van der Waals surface area contributed by atoms with Crippen molar-refractivity contribution in [1.29, 1.82) is 0 Å². The van der Waals surface area contributed by atoms with Gasteiger partial charge < -0.3 is 15.2 Å². The van der Waals surface area contributed by atoms with Crippen molar-refractivity contribution in [1.82, 2.24) is 4.31 Å². The minimum atomic E-state index is -3.53. The zero-order chi connectivity index (χ0) is 21.9. The molecule has 2 N–H and O–H groups in total. The van der Waals surface area contributed by atoms with Gasteiger partial charge in [0.1, 0.15) is 11.3 Å². The lowest BCUT2D eigenvalue weighted by Crippen LogP contribution is -2.30. The van der Waals surface area contributed by atoms with Gasteiger partial charge in [0.25, 0.3) is 5.91 Å². The summed E-state index contributed by atoms with van der Waals surface area (Å²) in [6, 6.07) is 10.5. The third kappa shape index (κ3) is 4.63. The van der Waals surface area contributed by atoms with Crippen LogP contribution >= 0.6 is 0 Å². The number of ether oxygens (including phenoxy) is 1. The Balaban J connectivity index is 1.62. The number of benzene rings is 2. The van der Waals surface area contributed by atoms with E-state index in [1.165, 1.54) is 41.6 Å². The molecule has 160 valence electrons. The highest BCUT2D eigenvalue weighted by molar-refractivity contribution is 7.89. The molecule has 3 rings (SSSR count). The van der Waals surface area contributed by atoms with Gasteiger partial charge in [-0.3, -0.25) is 4.79 Å². The molecule has 1 atom stereocenters. The van der Waals surface area contributed by atoms with E-state index in [0.29, 0.717) is 24.3 Å². The molecule has 0 saturated carbocycles. The Morgan fingerprint density at radius 1 is 1.10 bits per heavy atom. The highest BCUT2D eigenvalue weighted by Gasteiger charge is 2.27. The Bertz CT molecular complexity index is 1040. The van der Waals surface area contributed by atoms with Crippen LogP contribution in [0, 0.1) is 6.92 Å². The van der Waals surface area contributed by atoms with Crippen LogP contribution in [0.4, 0.5) is 5.69 Å². The number of nitrogens with zero attached hydrogens (tertiary/aromatic N) is 1. The highest BCUT2D eigenvalue weighted by Crippen LogP contribution is 2.24. The maximum Gasteiger partial charge on any atom is 0.342 e. The molecule has 2 aromatic carbocycles. The fraction of sp³-hybridized carbons (Fsp3) is 0.333. The van der Waals surface area contributed by atoms with Gasteiger partial charge in [-0.25, -0.2) is 13.2 Å². The molecular weight excluding hydrogens is 408 g/mol. The summed E-state index contributed by atoms with van der Waals surface area (Å²) >= 11 is 0. The van der Waals surface area contributed by atoms with Crippen LogP contribution in [0.2, 0.25) is 0 Å². The summed E-state index contributed by atoms with van der Waals surface area (Å²) in [7, 11) is -3.53. The van der Waals surface area contributed by atoms with Crippen molar-refractivity contribution in [3.8, 4) is 5.75 Å². The number of hydrogen-bond acceptors (Lipinski definition) is 6. The van der Waals surface area contributed by atoms with E-state index in [1.807, 2.05) is 0 Å². The lowest BCUT2D eigenvalue weighted by molar-refractivity contribution is -0.123. The predicted octanol–water partition coefficient (Wildman–Crippen LogP) is 2.67. The number of carbonyl (C=O) groups excluding carboxylic acids is 2. The maximum atomic E-state index is 12.5. The first kappa shape index (κ1) is 21.8. The van der Waals surface area contributed by atoms with Crippen molar-refractivity contribution in [3.63, 3.8) is 0 Å². The van der Waals surface area contributed by atoms with E-state index in [-0.39, 0.29) is 16.2 Å². The molecule has 2 aromatic rings. The molecule has 0 aliphatic carbocycles. The topological polar surface area (TPSA) is 113 Å². The van der Waals surface area contributed by atoms with Gasteiger partial charge in [0.2, 0.25) is 10.0 Å². The number of phenols is 1. The lowest BCUT2D eigenvalue weighted by Gasteiger charge is -2.16. The Labute approximate surface area is 175 Å². The molecule has 1 aliphatic rings. The number of sulfonamides is 1. The monoisotopic (exact) mass is 432 g/mol. The van der Waals surface area contributed by atoms with Crippen LogP contribution in [0.3, 0.4) is 0 Å². The second-order valence-corrected chi connectivity index (χ2v) is 9.08. The van der Waals surface area contributed by atoms with E-state index in [0.717, 1.165) is 12.8 Å². The first-order valence-corrected chi connectivity index (χ1v) is 11.0. The first-order valence-electron chi connectivity index (χ1n) is 9.61. The third-order valence-electron chi connectivity index (χ3n) is 4.94. The maximum absolute atomic E-state index is 12.5. The quantitative estimate of drug-likeness (QED) is 0.679. The van der Waals surface area contributed by atoms with Gasteiger partial charge in [0.05, 0.1) is 4.90 Å². The summed E-state index contributed by atoms with van der Waals surface area (Å²) in [5.74, 6) is -1.58. The van der Waals surface area contributed by atoms with Gasteiger partial charge in [0.15, 0.2) is 6.10 Å². The van der Waals surface area contributed by atoms with Crippen LogP contribution < -0.4 is 5.32 Å².